The number of hydrogen-bond donors (Lipinski definition) is 1. The van der Waals surface area contributed by atoms with Crippen molar-refractivity contribution in [1.29, 1.82) is 0 Å². The van der Waals surface area contributed by atoms with Gasteiger partial charge in [0.15, 0.2) is 11.5 Å². The number of halogens is 1. The number of methoxy groups -OCH3 is 1. The Kier molecular flexibility index (Phi) is 4.72. The van der Waals surface area contributed by atoms with Crippen LogP contribution in [-0.4, -0.2) is 19.8 Å². The van der Waals surface area contributed by atoms with Crippen LogP contribution >= 0.6 is 11.6 Å². The van der Waals surface area contributed by atoms with Gasteiger partial charge in [0.2, 0.25) is 0 Å². The van der Waals surface area contributed by atoms with Crippen LogP contribution in [0.2, 0.25) is 5.02 Å². The molecule has 104 valence electrons. The average molecular weight is 282 g/mol. The molecule has 0 unspecified atom stereocenters. The lowest BCUT2D eigenvalue weighted by atomic mass is 10.2. The van der Waals surface area contributed by atoms with Crippen molar-refractivity contribution in [2.75, 3.05) is 13.7 Å². The predicted octanol–water partition coefficient (Wildman–Crippen LogP) is 3.56. The van der Waals surface area contributed by atoms with E-state index >= 15 is 0 Å². The lowest BCUT2D eigenvalue weighted by Crippen LogP contribution is -2.15. The Bertz CT molecular complexity index is 469. The predicted molar refractivity (Wildman–Crippen MR) is 78.2 cm³/mol. The molecule has 1 aromatic carbocycles. The molecule has 0 heterocycles. The molecule has 0 amide bonds. The molecule has 0 spiro atoms. The molecule has 3 nitrogen and oxygen atoms in total. The number of ether oxygens (including phenoxy) is 2. The number of hydrogen-bond acceptors (Lipinski definition) is 3. The zero-order valence-corrected chi connectivity index (χ0v) is 12.2. The number of benzene rings is 1. The Hall–Kier alpha value is -1.19. The van der Waals surface area contributed by atoms with E-state index in [0.717, 1.165) is 17.7 Å². The smallest absolute Gasteiger partial charge is 0.180 e. The maximum absolute atomic E-state index is 6.27. The van der Waals surface area contributed by atoms with Crippen molar-refractivity contribution in [3.05, 3.63) is 34.9 Å². The van der Waals surface area contributed by atoms with E-state index in [-0.39, 0.29) is 0 Å². The van der Waals surface area contributed by atoms with Crippen molar-refractivity contribution < 1.29 is 9.47 Å². The summed E-state index contributed by atoms with van der Waals surface area (Å²) in [7, 11) is 1.62. The van der Waals surface area contributed by atoms with E-state index in [2.05, 4.69) is 11.9 Å². The van der Waals surface area contributed by atoms with Gasteiger partial charge in [-0.3, -0.25) is 0 Å². The third-order valence-electron chi connectivity index (χ3n) is 2.92. The monoisotopic (exact) mass is 281 g/mol. The van der Waals surface area contributed by atoms with E-state index in [1.54, 1.807) is 7.11 Å². The van der Waals surface area contributed by atoms with E-state index < -0.39 is 0 Å². The van der Waals surface area contributed by atoms with E-state index in [1.807, 2.05) is 19.1 Å². The van der Waals surface area contributed by atoms with Crippen LogP contribution in [0.3, 0.4) is 0 Å². The number of rotatable bonds is 7. The molecule has 0 atom stereocenters. The highest BCUT2D eigenvalue weighted by molar-refractivity contribution is 6.32. The van der Waals surface area contributed by atoms with Crippen LogP contribution in [-0.2, 0) is 6.54 Å². The second kappa shape index (κ2) is 6.31. The van der Waals surface area contributed by atoms with Crippen LogP contribution in [0.1, 0.15) is 25.3 Å². The minimum absolute atomic E-state index is 0.440. The van der Waals surface area contributed by atoms with Gasteiger partial charge in [-0.1, -0.05) is 18.2 Å². The van der Waals surface area contributed by atoms with Gasteiger partial charge in [0.05, 0.1) is 12.1 Å². The van der Waals surface area contributed by atoms with Crippen molar-refractivity contribution in [3.8, 4) is 11.5 Å². The summed E-state index contributed by atoms with van der Waals surface area (Å²) in [4.78, 5) is 0. The minimum Gasteiger partial charge on any atom is -0.493 e. The standard InChI is InChI=1S/C15H20ClNO2/c1-10(2)9-19-15-13(16)6-11(7-14(15)18-3)8-17-12-4-5-12/h6-7,12,17H,1,4-5,8-9H2,2-3H3. The molecule has 1 N–H and O–H groups in total. The molecule has 1 aromatic rings. The molecule has 0 radical (unpaired) electrons. The molecule has 1 fully saturated rings. The highest BCUT2D eigenvalue weighted by Crippen LogP contribution is 2.36. The quantitative estimate of drug-likeness (QED) is 0.775. The first kappa shape index (κ1) is 14.2. The molecular weight excluding hydrogens is 262 g/mol. The summed E-state index contributed by atoms with van der Waals surface area (Å²) >= 11 is 6.27. The lowest BCUT2D eigenvalue weighted by Gasteiger charge is -2.14. The van der Waals surface area contributed by atoms with Crippen LogP contribution in [0.4, 0.5) is 0 Å². The van der Waals surface area contributed by atoms with Crippen molar-refractivity contribution in [2.24, 2.45) is 0 Å². The fraction of sp³-hybridized carbons (Fsp3) is 0.467. The van der Waals surface area contributed by atoms with Crippen LogP contribution < -0.4 is 14.8 Å². The zero-order valence-electron chi connectivity index (χ0n) is 11.5. The maximum Gasteiger partial charge on any atom is 0.180 e. The number of nitrogens with one attached hydrogen (secondary N) is 1. The molecule has 4 heteroatoms. The van der Waals surface area contributed by atoms with Crippen LogP contribution in [0, 0.1) is 0 Å². The van der Waals surface area contributed by atoms with Gasteiger partial charge < -0.3 is 14.8 Å². The third-order valence-corrected chi connectivity index (χ3v) is 3.21. The molecule has 19 heavy (non-hydrogen) atoms. The average Bonchev–Trinajstić information content (AvgIpc) is 3.18. The molecule has 0 aliphatic heterocycles. The Morgan fingerprint density at radius 3 is 2.79 bits per heavy atom. The summed E-state index contributed by atoms with van der Waals surface area (Å²) in [5.41, 5.74) is 2.05. The highest BCUT2D eigenvalue weighted by Gasteiger charge is 2.20. The van der Waals surface area contributed by atoms with Crippen molar-refractivity contribution in [2.45, 2.75) is 32.4 Å². The van der Waals surface area contributed by atoms with E-state index in [9.17, 15) is 0 Å². The first-order valence-electron chi connectivity index (χ1n) is 6.47. The summed E-state index contributed by atoms with van der Waals surface area (Å²) < 4.78 is 11.0. The van der Waals surface area contributed by atoms with E-state index in [0.29, 0.717) is 29.2 Å². The molecule has 1 aliphatic rings. The first-order chi connectivity index (χ1) is 9.10. The van der Waals surface area contributed by atoms with Gasteiger partial charge in [-0.2, -0.15) is 0 Å². The van der Waals surface area contributed by atoms with Crippen molar-refractivity contribution in [1.82, 2.24) is 5.32 Å². The fourth-order valence-corrected chi connectivity index (χ4v) is 2.05. The van der Waals surface area contributed by atoms with Gasteiger partial charge in [-0.25, -0.2) is 0 Å². The molecule has 1 aliphatic carbocycles. The molecule has 2 rings (SSSR count). The summed E-state index contributed by atoms with van der Waals surface area (Å²) in [6.07, 6.45) is 2.54. The Labute approximate surface area is 119 Å². The molecule has 1 saturated carbocycles. The van der Waals surface area contributed by atoms with Crippen molar-refractivity contribution >= 4 is 11.6 Å². The largest absolute Gasteiger partial charge is 0.493 e. The molecule has 0 bridgehead atoms. The van der Waals surface area contributed by atoms with Gasteiger partial charge in [0.25, 0.3) is 0 Å². The van der Waals surface area contributed by atoms with Crippen LogP contribution in [0.15, 0.2) is 24.3 Å². The van der Waals surface area contributed by atoms with E-state index in [1.165, 1.54) is 12.8 Å². The van der Waals surface area contributed by atoms with E-state index in [4.69, 9.17) is 21.1 Å². The van der Waals surface area contributed by atoms with Crippen LogP contribution in [0.5, 0.6) is 11.5 Å². The Morgan fingerprint density at radius 2 is 2.21 bits per heavy atom. The SMILES string of the molecule is C=C(C)COc1c(Cl)cc(CNC2CC2)cc1OC. The second-order valence-corrected chi connectivity index (χ2v) is 5.42. The lowest BCUT2D eigenvalue weighted by molar-refractivity contribution is 0.319. The minimum atomic E-state index is 0.440. The summed E-state index contributed by atoms with van der Waals surface area (Å²) in [5, 5.41) is 4.03. The van der Waals surface area contributed by atoms with Gasteiger partial charge >= 0.3 is 0 Å². The molecular formula is C15H20ClNO2. The third kappa shape index (κ3) is 4.15. The van der Waals surface area contributed by atoms with Gasteiger partial charge in [-0.15, -0.1) is 0 Å². The Morgan fingerprint density at radius 1 is 1.47 bits per heavy atom. The highest BCUT2D eigenvalue weighted by atomic mass is 35.5. The second-order valence-electron chi connectivity index (χ2n) is 5.01. The van der Waals surface area contributed by atoms with Crippen LogP contribution in [0.25, 0.3) is 0 Å². The van der Waals surface area contributed by atoms with Gasteiger partial charge in [-0.05, 0) is 43.0 Å². The van der Waals surface area contributed by atoms with Gasteiger partial charge in [0, 0.05) is 12.6 Å². The summed E-state index contributed by atoms with van der Waals surface area (Å²) in [6, 6.07) is 4.56. The summed E-state index contributed by atoms with van der Waals surface area (Å²) in [5.74, 6) is 1.25. The summed E-state index contributed by atoms with van der Waals surface area (Å²) in [6.45, 7) is 6.97. The van der Waals surface area contributed by atoms with Crippen molar-refractivity contribution in [3.63, 3.8) is 0 Å². The maximum atomic E-state index is 6.27. The normalized spacial score (nSPS) is 14.3. The first-order valence-corrected chi connectivity index (χ1v) is 6.85. The topological polar surface area (TPSA) is 30.5 Å². The fourth-order valence-electron chi connectivity index (χ4n) is 1.76. The zero-order chi connectivity index (χ0) is 13.8. The Balaban J connectivity index is 2.10. The molecule has 0 aromatic heterocycles. The molecule has 0 saturated heterocycles. The van der Waals surface area contributed by atoms with Gasteiger partial charge in [0.1, 0.15) is 6.61 Å².